The van der Waals surface area contributed by atoms with Gasteiger partial charge in [0.15, 0.2) is 5.96 Å². The molecule has 0 spiro atoms. The molecule has 0 aliphatic carbocycles. The SMILES string of the molecule is CCCOc1ccc(CN=C(NCC)NCCc2ccco2)cn1.I. The monoisotopic (exact) mass is 458 g/mol. The molecule has 0 fully saturated rings. The first-order chi connectivity index (χ1) is 11.8. The zero-order valence-corrected chi connectivity index (χ0v) is 17.2. The molecule has 0 atom stereocenters. The fraction of sp³-hybridized carbons (Fsp3) is 0.444. The summed E-state index contributed by atoms with van der Waals surface area (Å²) in [5.41, 5.74) is 1.04. The van der Waals surface area contributed by atoms with E-state index in [-0.39, 0.29) is 24.0 Å². The van der Waals surface area contributed by atoms with Gasteiger partial charge in [-0.05, 0) is 31.0 Å². The molecule has 0 aliphatic rings. The molecule has 0 unspecified atom stereocenters. The number of nitrogens with one attached hydrogen (secondary N) is 2. The van der Waals surface area contributed by atoms with Gasteiger partial charge < -0.3 is 19.8 Å². The summed E-state index contributed by atoms with van der Waals surface area (Å²) in [6, 6.07) is 7.75. The van der Waals surface area contributed by atoms with Crippen LogP contribution in [0.1, 0.15) is 31.6 Å². The van der Waals surface area contributed by atoms with Crippen molar-refractivity contribution >= 4 is 29.9 Å². The van der Waals surface area contributed by atoms with Crippen LogP contribution in [0.5, 0.6) is 5.88 Å². The van der Waals surface area contributed by atoms with Crippen LogP contribution in [-0.4, -0.2) is 30.6 Å². The second-order valence-electron chi connectivity index (χ2n) is 5.30. The average molecular weight is 458 g/mol. The number of ether oxygens (including phenoxy) is 1. The Morgan fingerprint density at radius 2 is 2.12 bits per heavy atom. The van der Waals surface area contributed by atoms with Crippen LogP contribution in [0.15, 0.2) is 46.1 Å². The predicted octanol–water partition coefficient (Wildman–Crippen LogP) is 3.38. The van der Waals surface area contributed by atoms with Gasteiger partial charge in [-0.25, -0.2) is 9.98 Å². The standard InChI is InChI=1S/C18H26N4O2.HI/c1-3-11-24-17-8-7-15(13-21-17)14-22-18(19-4-2)20-10-9-16-6-5-12-23-16;/h5-8,12-13H,3-4,9-11,14H2,1-2H3,(H2,19,20,22);1H. The molecule has 0 saturated carbocycles. The van der Waals surface area contributed by atoms with Crippen LogP contribution in [0.2, 0.25) is 0 Å². The molecular formula is C18H27IN4O2. The Hall–Kier alpha value is -1.77. The zero-order valence-electron chi connectivity index (χ0n) is 14.8. The van der Waals surface area contributed by atoms with Crippen LogP contribution in [0.4, 0.5) is 0 Å². The third-order valence-electron chi connectivity index (χ3n) is 3.26. The first-order valence-corrected chi connectivity index (χ1v) is 8.44. The second-order valence-corrected chi connectivity index (χ2v) is 5.30. The predicted molar refractivity (Wildman–Crippen MR) is 111 cm³/mol. The lowest BCUT2D eigenvalue weighted by Gasteiger charge is -2.10. The van der Waals surface area contributed by atoms with Crippen molar-refractivity contribution in [2.75, 3.05) is 19.7 Å². The van der Waals surface area contributed by atoms with E-state index in [2.05, 4.69) is 27.5 Å². The van der Waals surface area contributed by atoms with E-state index in [1.165, 1.54) is 0 Å². The van der Waals surface area contributed by atoms with E-state index in [9.17, 15) is 0 Å². The van der Waals surface area contributed by atoms with Crippen LogP contribution in [-0.2, 0) is 13.0 Å². The summed E-state index contributed by atoms with van der Waals surface area (Å²) in [5, 5.41) is 6.54. The van der Waals surface area contributed by atoms with Crippen molar-refractivity contribution in [2.24, 2.45) is 4.99 Å². The van der Waals surface area contributed by atoms with Crippen LogP contribution in [0.3, 0.4) is 0 Å². The number of aromatic nitrogens is 1. The van der Waals surface area contributed by atoms with Gasteiger partial charge in [0, 0.05) is 31.8 Å². The number of aliphatic imine (C=N–C) groups is 1. The highest BCUT2D eigenvalue weighted by Crippen LogP contribution is 2.08. The molecule has 7 heteroatoms. The van der Waals surface area contributed by atoms with E-state index in [0.717, 1.165) is 43.2 Å². The van der Waals surface area contributed by atoms with Gasteiger partial charge in [-0.2, -0.15) is 0 Å². The third kappa shape index (κ3) is 8.24. The van der Waals surface area contributed by atoms with Gasteiger partial charge in [0.2, 0.25) is 5.88 Å². The van der Waals surface area contributed by atoms with Gasteiger partial charge in [0.1, 0.15) is 5.76 Å². The number of rotatable bonds is 9. The van der Waals surface area contributed by atoms with Gasteiger partial charge in [-0.1, -0.05) is 13.0 Å². The van der Waals surface area contributed by atoms with Crippen LogP contribution < -0.4 is 15.4 Å². The van der Waals surface area contributed by atoms with E-state index < -0.39 is 0 Å². The first kappa shape index (κ1) is 21.3. The number of pyridine rings is 1. The molecule has 25 heavy (non-hydrogen) atoms. The summed E-state index contributed by atoms with van der Waals surface area (Å²) in [4.78, 5) is 8.87. The zero-order chi connectivity index (χ0) is 17.0. The first-order valence-electron chi connectivity index (χ1n) is 8.44. The van der Waals surface area contributed by atoms with Gasteiger partial charge >= 0.3 is 0 Å². The molecule has 2 heterocycles. The number of hydrogen-bond acceptors (Lipinski definition) is 4. The van der Waals surface area contributed by atoms with E-state index in [4.69, 9.17) is 9.15 Å². The average Bonchev–Trinajstić information content (AvgIpc) is 3.12. The fourth-order valence-corrected chi connectivity index (χ4v) is 2.07. The van der Waals surface area contributed by atoms with Crippen molar-refractivity contribution in [3.8, 4) is 5.88 Å². The lowest BCUT2D eigenvalue weighted by Crippen LogP contribution is -2.38. The summed E-state index contributed by atoms with van der Waals surface area (Å²) in [6.07, 6.45) is 5.29. The molecule has 0 bridgehead atoms. The van der Waals surface area contributed by atoms with Crippen molar-refractivity contribution in [3.63, 3.8) is 0 Å². The number of hydrogen-bond donors (Lipinski definition) is 2. The Morgan fingerprint density at radius 3 is 2.76 bits per heavy atom. The third-order valence-corrected chi connectivity index (χ3v) is 3.26. The van der Waals surface area contributed by atoms with Crippen LogP contribution in [0.25, 0.3) is 0 Å². The quantitative estimate of drug-likeness (QED) is 0.343. The van der Waals surface area contributed by atoms with E-state index >= 15 is 0 Å². The van der Waals surface area contributed by atoms with Gasteiger partial charge in [0.25, 0.3) is 0 Å². The maximum absolute atomic E-state index is 5.48. The van der Waals surface area contributed by atoms with Gasteiger partial charge in [-0.15, -0.1) is 24.0 Å². The van der Waals surface area contributed by atoms with E-state index in [1.54, 1.807) is 12.5 Å². The Kier molecular flexibility index (Phi) is 10.7. The summed E-state index contributed by atoms with van der Waals surface area (Å²) < 4.78 is 10.8. The van der Waals surface area contributed by atoms with Crippen molar-refractivity contribution < 1.29 is 9.15 Å². The van der Waals surface area contributed by atoms with Crippen molar-refractivity contribution in [2.45, 2.75) is 33.2 Å². The fourth-order valence-electron chi connectivity index (χ4n) is 2.07. The summed E-state index contributed by atoms with van der Waals surface area (Å²) in [5.74, 6) is 2.41. The number of guanidine groups is 1. The maximum Gasteiger partial charge on any atom is 0.213 e. The number of halogens is 1. The topological polar surface area (TPSA) is 71.7 Å². The molecule has 0 aromatic carbocycles. The Bertz CT molecular complexity index is 600. The van der Waals surface area contributed by atoms with Crippen molar-refractivity contribution in [3.05, 3.63) is 48.0 Å². The molecule has 0 radical (unpaired) electrons. The molecule has 2 rings (SSSR count). The molecule has 138 valence electrons. The van der Waals surface area contributed by atoms with E-state index in [1.807, 2.05) is 31.2 Å². The van der Waals surface area contributed by atoms with Crippen LogP contribution in [0, 0.1) is 0 Å². The normalized spacial score (nSPS) is 10.9. The van der Waals surface area contributed by atoms with Gasteiger partial charge in [0.05, 0.1) is 19.4 Å². The lowest BCUT2D eigenvalue weighted by atomic mass is 10.3. The summed E-state index contributed by atoms with van der Waals surface area (Å²) >= 11 is 0. The summed E-state index contributed by atoms with van der Waals surface area (Å²) in [6.45, 7) is 6.96. The minimum atomic E-state index is 0. The van der Waals surface area contributed by atoms with Gasteiger partial charge in [-0.3, -0.25) is 0 Å². The Labute approximate surface area is 166 Å². The highest BCUT2D eigenvalue weighted by molar-refractivity contribution is 14.0. The largest absolute Gasteiger partial charge is 0.478 e. The molecule has 0 saturated heterocycles. The smallest absolute Gasteiger partial charge is 0.213 e. The summed E-state index contributed by atoms with van der Waals surface area (Å²) in [7, 11) is 0. The minimum absolute atomic E-state index is 0. The maximum atomic E-state index is 5.48. The lowest BCUT2D eigenvalue weighted by molar-refractivity contribution is 0.305. The molecule has 2 N–H and O–H groups in total. The highest BCUT2D eigenvalue weighted by atomic mass is 127. The van der Waals surface area contributed by atoms with Crippen molar-refractivity contribution in [1.29, 1.82) is 0 Å². The van der Waals surface area contributed by atoms with Crippen molar-refractivity contribution in [1.82, 2.24) is 15.6 Å². The molecule has 0 amide bonds. The minimum Gasteiger partial charge on any atom is -0.478 e. The Morgan fingerprint density at radius 1 is 1.24 bits per heavy atom. The Balaban J connectivity index is 0.00000312. The molecular weight excluding hydrogens is 431 g/mol. The van der Waals surface area contributed by atoms with E-state index in [0.29, 0.717) is 19.0 Å². The highest BCUT2D eigenvalue weighted by Gasteiger charge is 2.01. The molecule has 0 aliphatic heterocycles. The second kappa shape index (κ2) is 12.6. The molecule has 6 nitrogen and oxygen atoms in total. The number of furan rings is 1. The number of nitrogens with zero attached hydrogens (tertiary/aromatic N) is 2. The molecule has 2 aromatic rings. The molecule has 2 aromatic heterocycles. The van der Waals surface area contributed by atoms with Crippen LogP contribution >= 0.6 is 24.0 Å².